The summed E-state index contributed by atoms with van der Waals surface area (Å²) in [6.45, 7) is 6.24. The van der Waals surface area contributed by atoms with Gasteiger partial charge < -0.3 is 15.3 Å². The van der Waals surface area contributed by atoms with E-state index in [-0.39, 0.29) is 6.03 Å². The third kappa shape index (κ3) is 3.95. The molecule has 1 atom stereocenters. The molecule has 0 saturated carbocycles. The van der Waals surface area contributed by atoms with Crippen LogP contribution in [0.25, 0.3) is 0 Å². The maximum Gasteiger partial charge on any atom is 0.317 e. The lowest BCUT2D eigenvalue weighted by atomic mass is 10.1. The molecule has 20 heavy (non-hydrogen) atoms. The topological polar surface area (TPSA) is 55.8 Å². The predicted octanol–water partition coefficient (Wildman–Crippen LogP) is 1.07. The van der Waals surface area contributed by atoms with Crippen molar-refractivity contribution < 1.29 is 9.90 Å². The summed E-state index contributed by atoms with van der Waals surface area (Å²) in [5.41, 5.74) is 0.943. The maximum absolute atomic E-state index is 11.7. The first-order valence-corrected chi connectivity index (χ1v) is 7.19. The number of nitrogens with zero attached hydrogens (tertiary/aromatic N) is 2. The van der Waals surface area contributed by atoms with Crippen LogP contribution in [-0.4, -0.2) is 60.2 Å². The normalized spacial score (nSPS) is 17.8. The molecule has 0 aliphatic carbocycles. The molecule has 2 rings (SSSR count). The summed E-state index contributed by atoms with van der Waals surface area (Å²) < 4.78 is 0. The van der Waals surface area contributed by atoms with Crippen LogP contribution >= 0.6 is 0 Å². The van der Waals surface area contributed by atoms with Crippen LogP contribution in [0.1, 0.15) is 18.6 Å². The number of hydrogen-bond donors (Lipinski definition) is 2. The summed E-state index contributed by atoms with van der Waals surface area (Å²) >= 11 is 0. The highest BCUT2D eigenvalue weighted by molar-refractivity contribution is 5.74. The zero-order valence-electron chi connectivity index (χ0n) is 12.0. The summed E-state index contributed by atoms with van der Waals surface area (Å²) in [5.74, 6) is 0. The van der Waals surface area contributed by atoms with Gasteiger partial charge in [-0.2, -0.15) is 0 Å². The highest BCUT2D eigenvalue weighted by atomic mass is 16.3. The lowest BCUT2D eigenvalue weighted by Gasteiger charge is -2.35. The highest BCUT2D eigenvalue weighted by Crippen LogP contribution is 2.14. The molecule has 0 radical (unpaired) electrons. The first-order chi connectivity index (χ1) is 9.70. The van der Waals surface area contributed by atoms with Gasteiger partial charge in [0, 0.05) is 39.3 Å². The summed E-state index contributed by atoms with van der Waals surface area (Å²) in [6.07, 6.45) is -0.466. The smallest absolute Gasteiger partial charge is 0.317 e. The van der Waals surface area contributed by atoms with E-state index in [0.717, 1.165) is 18.7 Å². The number of amides is 2. The number of benzene rings is 1. The van der Waals surface area contributed by atoms with Gasteiger partial charge in [-0.3, -0.25) is 4.90 Å². The molecule has 1 aliphatic rings. The minimum absolute atomic E-state index is 0.00996. The number of piperazine rings is 1. The molecule has 1 aliphatic heterocycles. The Labute approximate surface area is 120 Å². The number of urea groups is 1. The van der Waals surface area contributed by atoms with Crippen LogP contribution in [-0.2, 0) is 0 Å². The zero-order chi connectivity index (χ0) is 14.4. The lowest BCUT2D eigenvalue weighted by molar-refractivity contribution is 0.0810. The van der Waals surface area contributed by atoms with Gasteiger partial charge in [0.1, 0.15) is 0 Å². The standard InChI is InChI=1S/C15H23N3O2/c1-2-16-15(20)18-10-8-17(9-11-18)12-14(19)13-6-4-3-5-7-13/h3-7,14,19H,2,8-12H2,1H3,(H,16,20). The largest absolute Gasteiger partial charge is 0.387 e. The Balaban J connectivity index is 1.78. The second-order valence-corrected chi connectivity index (χ2v) is 5.05. The van der Waals surface area contributed by atoms with Crippen molar-refractivity contribution in [1.82, 2.24) is 15.1 Å². The molecular weight excluding hydrogens is 254 g/mol. The van der Waals surface area contributed by atoms with Crippen LogP contribution in [0.5, 0.6) is 0 Å². The molecule has 1 unspecified atom stereocenters. The third-order valence-corrected chi connectivity index (χ3v) is 3.60. The van der Waals surface area contributed by atoms with Gasteiger partial charge in [0.2, 0.25) is 0 Å². The average Bonchev–Trinajstić information content (AvgIpc) is 2.49. The molecule has 2 N–H and O–H groups in total. The molecule has 1 aromatic carbocycles. The third-order valence-electron chi connectivity index (χ3n) is 3.60. The Kier molecular flexibility index (Phi) is 5.38. The van der Waals surface area contributed by atoms with Crippen LogP contribution < -0.4 is 5.32 Å². The number of carbonyl (C=O) groups is 1. The highest BCUT2D eigenvalue weighted by Gasteiger charge is 2.22. The number of nitrogens with one attached hydrogen (secondary N) is 1. The van der Waals surface area contributed by atoms with E-state index in [1.165, 1.54) is 0 Å². The van der Waals surface area contributed by atoms with Crippen molar-refractivity contribution in [2.75, 3.05) is 39.3 Å². The van der Waals surface area contributed by atoms with Gasteiger partial charge in [-0.05, 0) is 12.5 Å². The number of hydrogen-bond acceptors (Lipinski definition) is 3. The number of aliphatic hydroxyl groups is 1. The molecule has 1 heterocycles. The van der Waals surface area contributed by atoms with Crippen LogP contribution in [0.3, 0.4) is 0 Å². The Morgan fingerprint density at radius 1 is 1.25 bits per heavy atom. The molecule has 0 bridgehead atoms. The van der Waals surface area contributed by atoms with Gasteiger partial charge in [-0.1, -0.05) is 30.3 Å². The Hall–Kier alpha value is -1.59. The molecule has 0 aromatic heterocycles. The summed E-state index contributed by atoms with van der Waals surface area (Å²) in [6, 6.07) is 9.71. The van der Waals surface area contributed by atoms with Gasteiger partial charge >= 0.3 is 6.03 Å². The Bertz CT molecular complexity index is 416. The van der Waals surface area contributed by atoms with Crippen molar-refractivity contribution in [3.8, 4) is 0 Å². The molecule has 0 spiro atoms. The summed E-state index contributed by atoms with van der Waals surface area (Å²) in [4.78, 5) is 15.7. The minimum atomic E-state index is -0.466. The maximum atomic E-state index is 11.7. The zero-order valence-corrected chi connectivity index (χ0v) is 12.0. The van der Waals surface area contributed by atoms with Crippen molar-refractivity contribution >= 4 is 6.03 Å². The minimum Gasteiger partial charge on any atom is -0.387 e. The monoisotopic (exact) mass is 277 g/mol. The second kappa shape index (κ2) is 7.26. The van der Waals surface area contributed by atoms with Crippen LogP contribution in [0.15, 0.2) is 30.3 Å². The second-order valence-electron chi connectivity index (χ2n) is 5.05. The van der Waals surface area contributed by atoms with Crippen molar-refractivity contribution in [1.29, 1.82) is 0 Å². The predicted molar refractivity (Wildman–Crippen MR) is 78.5 cm³/mol. The van der Waals surface area contributed by atoms with Crippen molar-refractivity contribution in [2.24, 2.45) is 0 Å². The van der Waals surface area contributed by atoms with E-state index in [4.69, 9.17) is 0 Å². The molecular formula is C15H23N3O2. The van der Waals surface area contributed by atoms with Gasteiger partial charge in [-0.15, -0.1) is 0 Å². The molecule has 1 saturated heterocycles. The van der Waals surface area contributed by atoms with Crippen molar-refractivity contribution in [3.05, 3.63) is 35.9 Å². The van der Waals surface area contributed by atoms with Crippen molar-refractivity contribution in [3.63, 3.8) is 0 Å². The van der Waals surface area contributed by atoms with Gasteiger partial charge in [0.25, 0.3) is 0 Å². The fourth-order valence-corrected chi connectivity index (χ4v) is 2.42. The van der Waals surface area contributed by atoms with E-state index in [0.29, 0.717) is 26.2 Å². The summed E-state index contributed by atoms with van der Waals surface area (Å²) in [5, 5.41) is 13.0. The van der Waals surface area contributed by atoms with E-state index in [9.17, 15) is 9.90 Å². The SMILES string of the molecule is CCNC(=O)N1CCN(CC(O)c2ccccc2)CC1. The number of rotatable bonds is 4. The van der Waals surface area contributed by atoms with Crippen LogP contribution in [0.4, 0.5) is 4.79 Å². The fourth-order valence-electron chi connectivity index (χ4n) is 2.42. The fraction of sp³-hybridized carbons (Fsp3) is 0.533. The van der Waals surface area contributed by atoms with Gasteiger partial charge in [0.15, 0.2) is 0 Å². The van der Waals surface area contributed by atoms with E-state index in [2.05, 4.69) is 10.2 Å². The van der Waals surface area contributed by atoms with Gasteiger partial charge in [0.05, 0.1) is 6.10 Å². The summed E-state index contributed by atoms with van der Waals surface area (Å²) in [7, 11) is 0. The van der Waals surface area contributed by atoms with E-state index in [1.807, 2.05) is 42.2 Å². The van der Waals surface area contributed by atoms with Crippen LogP contribution in [0, 0.1) is 0 Å². The Morgan fingerprint density at radius 3 is 2.50 bits per heavy atom. The number of aliphatic hydroxyl groups excluding tert-OH is 1. The molecule has 2 amide bonds. The first-order valence-electron chi connectivity index (χ1n) is 7.19. The van der Waals surface area contributed by atoms with Gasteiger partial charge in [-0.25, -0.2) is 4.79 Å². The van der Waals surface area contributed by atoms with E-state index >= 15 is 0 Å². The average molecular weight is 277 g/mol. The first kappa shape index (κ1) is 14.8. The quantitative estimate of drug-likeness (QED) is 0.865. The lowest BCUT2D eigenvalue weighted by Crippen LogP contribution is -2.52. The molecule has 5 nitrogen and oxygen atoms in total. The van der Waals surface area contributed by atoms with Crippen LogP contribution in [0.2, 0.25) is 0 Å². The molecule has 5 heteroatoms. The number of β-amino-alcohol motifs (C(OH)–C–C–N with tert-alkyl or cyclic N) is 1. The number of carbonyl (C=O) groups excluding carboxylic acids is 1. The van der Waals surface area contributed by atoms with Crippen molar-refractivity contribution in [2.45, 2.75) is 13.0 Å². The van der Waals surface area contributed by atoms with E-state index in [1.54, 1.807) is 0 Å². The Morgan fingerprint density at radius 2 is 1.90 bits per heavy atom. The van der Waals surface area contributed by atoms with E-state index < -0.39 is 6.10 Å². The molecule has 1 fully saturated rings. The molecule has 1 aromatic rings. The molecule has 110 valence electrons.